The van der Waals surface area contributed by atoms with Crippen molar-refractivity contribution in [2.75, 3.05) is 0 Å². The average Bonchev–Trinajstić information content (AvgIpc) is 3.53. The van der Waals surface area contributed by atoms with Gasteiger partial charge in [-0.15, -0.1) is 35.7 Å². The minimum Gasteiger partial charge on any atom is -0.509 e. The van der Waals surface area contributed by atoms with E-state index in [0.29, 0.717) is 35.2 Å². The number of allylic oxidation sites excluding steroid dienone is 2. The Hall–Kier alpha value is -3.95. The molecule has 0 fully saturated rings. The zero-order valence-electron chi connectivity index (χ0n) is 28.2. The third-order valence-corrected chi connectivity index (χ3v) is 10.1. The number of fused-ring (bicyclic) bond motifs is 3. The maximum Gasteiger partial charge on any atom is 2.00 e. The summed E-state index contributed by atoms with van der Waals surface area (Å²) in [6.07, 6.45) is 6.68. The van der Waals surface area contributed by atoms with Crippen molar-refractivity contribution in [3.05, 3.63) is 119 Å². The van der Waals surface area contributed by atoms with Crippen molar-refractivity contribution in [3.63, 3.8) is 0 Å². The number of hydrogen-bond donors (Lipinski definition) is 0. The molecule has 0 bridgehead atoms. The van der Waals surface area contributed by atoms with Gasteiger partial charge in [0.05, 0.1) is 5.69 Å². The minimum absolute atomic E-state index is 0. The molecule has 3 aromatic heterocycles. The van der Waals surface area contributed by atoms with Crippen LogP contribution in [0.5, 0.6) is 11.5 Å². The van der Waals surface area contributed by atoms with Crippen molar-refractivity contribution >= 4 is 21.8 Å². The zero-order chi connectivity index (χ0) is 32.1. The molecule has 0 saturated carbocycles. The monoisotopic (exact) mass is 801 g/mol. The van der Waals surface area contributed by atoms with Crippen LogP contribution < -0.4 is 4.74 Å². The first-order chi connectivity index (χ1) is 22.2. The Morgan fingerprint density at radius 2 is 1.68 bits per heavy atom. The predicted octanol–water partition coefficient (Wildman–Crippen LogP) is 10.6. The minimum atomic E-state index is 0. The van der Waals surface area contributed by atoms with Crippen molar-refractivity contribution in [2.24, 2.45) is 11.8 Å². The smallest absolute Gasteiger partial charge is 0.509 e. The fourth-order valence-electron chi connectivity index (χ4n) is 7.30. The summed E-state index contributed by atoms with van der Waals surface area (Å²) in [5.41, 5.74) is 9.21. The van der Waals surface area contributed by atoms with E-state index in [-0.39, 0.29) is 21.1 Å². The van der Waals surface area contributed by atoms with E-state index in [1.165, 1.54) is 23.1 Å². The molecule has 242 valence electrons. The van der Waals surface area contributed by atoms with Crippen molar-refractivity contribution in [3.8, 4) is 23.0 Å². The Kier molecular flexibility index (Phi) is 9.31. The molecule has 7 rings (SSSR count). The first kappa shape index (κ1) is 33.0. The average molecular weight is 802 g/mol. The number of benzene rings is 3. The van der Waals surface area contributed by atoms with E-state index in [2.05, 4.69) is 114 Å². The number of pyridine rings is 1. The third kappa shape index (κ3) is 6.00. The van der Waals surface area contributed by atoms with Gasteiger partial charge in [-0.3, -0.25) is 4.68 Å². The van der Waals surface area contributed by atoms with Gasteiger partial charge in [0.25, 0.3) is 0 Å². The summed E-state index contributed by atoms with van der Waals surface area (Å²) in [6.45, 7) is 15.7. The topological polar surface area (TPSA) is 44.9 Å². The molecule has 0 saturated heterocycles. The molecule has 3 aromatic carbocycles. The second-order valence-corrected chi connectivity index (χ2v) is 13.4. The molecule has 0 amide bonds. The van der Waals surface area contributed by atoms with Crippen LogP contribution in [0.4, 0.5) is 0 Å². The number of rotatable bonds is 7. The fourth-order valence-corrected chi connectivity index (χ4v) is 7.30. The summed E-state index contributed by atoms with van der Waals surface area (Å²) < 4.78 is 10.7. The SMILES string of the molecule is CC1=CCC[C@H](C)C1c1c(C)nn(-c2[c-]c(Oc3[c-]c4c(cc3)c3ccccc3n4-c3cc(C(C)C(C)C)ccn3)ccc2)c1C.[Pt+2]. The molecule has 3 atom stereocenters. The van der Waals surface area contributed by atoms with Gasteiger partial charge in [-0.2, -0.15) is 17.2 Å². The number of nitrogens with zero attached hydrogens (tertiary/aromatic N) is 4. The quantitative estimate of drug-likeness (QED) is 0.119. The Labute approximate surface area is 292 Å². The normalized spacial score (nSPS) is 17.1. The van der Waals surface area contributed by atoms with Gasteiger partial charge < -0.3 is 9.30 Å². The second-order valence-electron chi connectivity index (χ2n) is 13.4. The van der Waals surface area contributed by atoms with Gasteiger partial charge in [-0.1, -0.05) is 63.1 Å². The molecule has 0 radical (unpaired) electrons. The largest absolute Gasteiger partial charge is 2.00 e. The maximum absolute atomic E-state index is 6.46. The van der Waals surface area contributed by atoms with Gasteiger partial charge in [0.15, 0.2) is 0 Å². The summed E-state index contributed by atoms with van der Waals surface area (Å²) in [5, 5.41) is 7.27. The fraction of sp³-hybridized carbons (Fsp3) is 0.317. The molecule has 1 aliphatic rings. The number of aromatic nitrogens is 4. The Bertz CT molecular complexity index is 2100. The molecule has 0 N–H and O–H groups in total. The molecular weight excluding hydrogens is 760 g/mol. The van der Waals surface area contributed by atoms with Crippen LogP contribution in [-0.2, 0) is 21.1 Å². The molecule has 5 nitrogen and oxygen atoms in total. The number of para-hydroxylation sites is 1. The van der Waals surface area contributed by atoms with E-state index in [4.69, 9.17) is 14.8 Å². The van der Waals surface area contributed by atoms with E-state index in [1.54, 1.807) is 0 Å². The zero-order valence-corrected chi connectivity index (χ0v) is 30.5. The summed E-state index contributed by atoms with van der Waals surface area (Å²) in [4.78, 5) is 4.83. The van der Waals surface area contributed by atoms with Crippen LogP contribution in [-0.4, -0.2) is 19.3 Å². The Morgan fingerprint density at radius 1 is 0.894 bits per heavy atom. The van der Waals surface area contributed by atoms with Crippen LogP contribution in [0.15, 0.2) is 84.6 Å². The molecule has 0 aliphatic heterocycles. The number of hydrogen-bond acceptors (Lipinski definition) is 3. The predicted molar refractivity (Wildman–Crippen MR) is 188 cm³/mol. The molecule has 0 spiro atoms. The third-order valence-electron chi connectivity index (χ3n) is 10.1. The first-order valence-electron chi connectivity index (χ1n) is 16.6. The second kappa shape index (κ2) is 13.3. The number of ether oxygens (including phenoxy) is 1. The van der Waals surface area contributed by atoms with Crippen molar-refractivity contribution < 1.29 is 25.8 Å². The van der Waals surface area contributed by atoms with Crippen molar-refractivity contribution in [1.29, 1.82) is 0 Å². The van der Waals surface area contributed by atoms with Crippen molar-refractivity contribution in [2.45, 2.75) is 73.1 Å². The van der Waals surface area contributed by atoms with Gasteiger partial charge in [0.1, 0.15) is 5.82 Å². The molecule has 6 heteroatoms. The van der Waals surface area contributed by atoms with E-state index >= 15 is 0 Å². The Morgan fingerprint density at radius 3 is 2.47 bits per heavy atom. The molecule has 2 unspecified atom stereocenters. The summed E-state index contributed by atoms with van der Waals surface area (Å²) in [7, 11) is 0. The van der Waals surface area contributed by atoms with Gasteiger partial charge in [-0.25, -0.2) is 4.98 Å². The summed E-state index contributed by atoms with van der Waals surface area (Å²) in [6, 6.07) is 30.0. The van der Waals surface area contributed by atoms with Crippen LogP contribution in [0, 0.1) is 37.8 Å². The van der Waals surface area contributed by atoms with Crippen LogP contribution in [0.3, 0.4) is 0 Å². The van der Waals surface area contributed by atoms with E-state index in [0.717, 1.165) is 51.1 Å². The molecular formula is C41H42N4OPt. The van der Waals surface area contributed by atoms with Crippen LogP contribution >= 0.6 is 0 Å². The van der Waals surface area contributed by atoms with Gasteiger partial charge >= 0.3 is 21.1 Å². The van der Waals surface area contributed by atoms with Gasteiger partial charge in [0, 0.05) is 40.4 Å². The maximum atomic E-state index is 6.46. The Balaban J connectivity index is 0.00000386. The van der Waals surface area contributed by atoms with Gasteiger partial charge in [-0.05, 0) is 86.2 Å². The number of aryl methyl sites for hydroxylation is 1. The molecule has 1 aliphatic carbocycles. The molecule has 6 aromatic rings. The summed E-state index contributed by atoms with van der Waals surface area (Å²) in [5.74, 6) is 4.08. The van der Waals surface area contributed by atoms with Crippen LogP contribution in [0.1, 0.15) is 81.8 Å². The van der Waals surface area contributed by atoms with Gasteiger partial charge in [0.2, 0.25) is 0 Å². The van der Waals surface area contributed by atoms with E-state index in [1.807, 2.05) is 35.1 Å². The standard InChI is InChI=1S/C41H42N4O.Pt/c1-25(2)28(5)31-20-21-42-39(22-31)44-37-17-9-8-16-35(37)36-19-18-34(24-38(36)44)46-33-15-11-14-32(23-33)45-30(7)41(29(6)43-45)40-26(3)12-10-13-27(40)4;/h8-9,11-12,14-22,25,27-28,40H,10,13H2,1-7H3;/q-2;+2/t27-,28?,40?;/m0./s1. The van der Waals surface area contributed by atoms with Crippen LogP contribution in [0.25, 0.3) is 33.3 Å². The van der Waals surface area contributed by atoms with Crippen LogP contribution in [0.2, 0.25) is 0 Å². The molecule has 47 heavy (non-hydrogen) atoms. The summed E-state index contributed by atoms with van der Waals surface area (Å²) >= 11 is 0. The van der Waals surface area contributed by atoms with E-state index < -0.39 is 0 Å². The molecule has 3 heterocycles. The van der Waals surface area contributed by atoms with Crippen molar-refractivity contribution in [1.82, 2.24) is 19.3 Å². The first-order valence-corrected chi connectivity index (χ1v) is 16.6. The van der Waals surface area contributed by atoms with E-state index in [9.17, 15) is 0 Å².